The van der Waals surface area contributed by atoms with Gasteiger partial charge >= 0.3 is 14.1 Å². The lowest BCUT2D eigenvalue weighted by Crippen LogP contribution is -2.31. The van der Waals surface area contributed by atoms with Gasteiger partial charge < -0.3 is 4.74 Å². The van der Waals surface area contributed by atoms with Crippen molar-refractivity contribution in [1.82, 2.24) is 5.32 Å². The van der Waals surface area contributed by atoms with Crippen LogP contribution in [0.5, 0.6) is 0 Å². The molecule has 2 N–H and O–H groups in total. The van der Waals surface area contributed by atoms with Gasteiger partial charge in [-0.2, -0.15) is 4.89 Å². The zero-order valence-electron chi connectivity index (χ0n) is 12.6. The molecule has 2 aromatic carbocycles. The molecule has 2 atom stereocenters. The summed E-state index contributed by atoms with van der Waals surface area (Å²) >= 11 is 0. The maximum Gasteiger partial charge on any atom is 0.530 e. The second-order valence-electron chi connectivity index (χ2n) is 5.45. The second kappa shape index (κ2) is 6.49. The van der Waals surface area contributed by atoms with Crippen molar-refractivity contribution in [3.8, 4) is 11.1 Å². The summed E-state index contributed by atoms with van der Waals surface area (Å²) in [5, 5.41) is 2.36. The summed E-state index contributed by atoms with van der Waals surface area (Å²) in [4.78, 5) is 20.7. The molecule has 2 unspecified atom stereocenters. The van der Waals surface area contributed by atoms with Gasteiger partial charge in [-0.3, -0.25) is 5.32 Å². The highest BCUT2D eigenvalue weighted by atomic mass is 31.1. The summed E-state index contributed by atoms with van der Waals surface area (Å²) in [6.07, 6.45) is -0.684. The summed E-state index contributed by atoms with van der Waals surface area (Å²) in [5.74, 6) is -0.855. The number of hydrogen-bond acceptors (Lipinski definition) is 3. The Morgan fingerprint density at radius 2 is 1.70 bits per heavy atom. The number of benzene rings is 2. The van der Waals surface area contributed by atoms with Gasteiger partial charge in [0, 0.05) is 12.8 Å². The Morgan fingerprint density at radius 1 is 1.17 bits per heavy atom. The predicted octanol–water partition coefficient (Wildman–Crippen LogP) is 3.61. The van der Waals surface area contributed by atoms with Crippen LogP contribution < -0.4 is 5.32 Å². The third-order valence-corrected chi connectivity index (χ3v) is 4.79. The Hall–Kier alpha value is -2.23. The first-order chi connectivity index (χ1) is 11.1. The zero-order valence-corrected chi connectivity index (χ0v) is 13.5. The fourth-order valence-electron chi connectivity index (χ4n) is 2.87. The van der Waals surface area contributed by atoms with E-state index >= 15 is 0 Å². The minimum Gasteiger partial charge on any atom is -0.448 e. The van der Waals surface area contributed by atoms with E-state index in [1.54, 1.807) is 0 Å². The lowest BCUT2D eigenvalue weighted by Gasteiger charge is -2.14. The number of carbonyl (C=O) groups is 1. The average molecular weight is 330 g/mol. The summed E-state index contributed by atoms with van der Waals surface area (Å²) in [7, 11) is -2.46. The number of nitrogens with one attached hydrogen (secondary N) is 1. The monoisotopic (exact) mass is 330 g/mol. The van der Waals surface area contributed by atoms with E-state index in [0.717, 1.165) is 22.3 Å². The lowest BCUT2D eigenvalue weighted by molar-refractivity contribution is 0.142. The van der Waals surface area contributed by atoms with Crippen LogP contribution in [-0.4, -0.2) is 23.4 Å². The molecule has 0 saturated carbocycles. The number of fused-ring (bicyclic) bond motifs is 3. The van der Waals surface area contributed by atoms with E-state index < -0.39 is 19.9 Å². The van der Waals surface area contributed by atoms with E-state index in [-0.39, 0.29) is 12.5 Å². The molecule has 0 spiro atoms. The fourth-order valence-corrected chi connectivity index (χ4v) is 3.08. The first kappa shape index (κ1) is 15.7. The van der Waals surface area contributed by atoms with Crippen LogP contribution in [0.15, 0.2) is 48.5 Å². The SMILES string of the molecule is CC(NC(=O)OCC1c2ccccc2-c2ccccc21)[P+](=O)O. The molecule has 6 heteroatoms. The van der Waals surface area contributed by atoms with Crippen LogP contribution in [0, 0.1) is 0 Å². The van der Waals surface area contributed by atoms with E-state index in [1.807, 2.05) is 36.4 Å². The van der Waals surface area contributed by atoms with Gasteiger partial charge in [0.15, 0.2) is 0 Å². The number of alkyl carbamates (subject to hydrolysis) is 1. The lowest BCUT2D eigenvalue weighted by atomic mass is 9.98. The van der Waals surface area contributed by atoms with Crippen molar-refractivity contribution in [3.63, 3.8) is 0 Å². The Bertz CT molecular complexity index is 716. The standard InChI is InChI=1S/C17H16NO4P/c1-11(23(20)21)18-17(19)22-10-16-14-8-4-2-6-12(14)13-7-3-5-9-15(13)16/h2-9,11,16H,10H2,1H3,(H-,18,19,20,21)/p+1. The van der Waals surface area contributed by atoms with Crippen LogP contribution in [0.4, 0.5) is 4.79 Å². The zero-order chi connectivity index (χ0) is 16.4. The molecular formula is C17H17NO4P+. The maximum atomic E-state index is 11.8. The third-order valence-electron chi connectivity index (χ3n) is 4.00. The number of rotatable bonds is 4. The Balaban J connectivity index is 1.76. The highest BCUT2D eigenvalue weighted by Crippen LogP contribution is 2.44. The van der Waals surface area contributed by atoms with Gasteiger partial charge in [0.05, 0.1) is 0 Å². The normalized spacial score (nSPS) is 14.6. The quantitative estimate of drug-likeness (QED) is 0.840. The summed E-state index contributed by atoms with van der Waals surface area (Å²) in [5.41, 5.74) is 4.57. The molecule has 0 aliphatic heterocycles. The van der Waals surface area contributed by atoms with Gasteiger partial charge in [0.2, 0.25) is 0 Å². The fraction of sp³-hybridized carbons (Fsp3) is 0.235. The van der Waals surface area contributed by atoms with Gasteiger partial charge in [-0.05, 0) is 26.8 Å². The first-order valence-electron chi connectivity index (χ1n) is 7.34. The van der Waals surface area contributed by atoms with E-state index in [0.29, 0.717) is 0 Å². The Morgan fingerprint density at radius 3 is 2.22 bits per heavy atom. The Kier molecular flexibility index (Phi) is 4.42. The molecule has 1 aliphatic carbocycles. The minimum atomic E-state index is -2.46. The van der Waals surface area contributed by atoms with Crippen molar-refractivity contribution in [2.45, 2.75) is 18.6 Å². The summed E-state index contributed by atoms with van der Waals surface area (Å²) < 4.78 is 16.2. The Labute approximate surface area is 135 Å². The van der Waals surface area contributed by atoms with Crippen LogP contribution in [0.2, 0.25) is 0 Å². The van der Waals surface area contributed by atoms with Crippen molar-refractivity contribution in [2.75, 3.05) is 6.61 Å². The largest absolute Gasteiger partial charge is 0.530 e. The van der Waals surface area contributed by atoms with E-state index in [4.69, 9.17) is 9.63 Å². The molecule has 0 saturated heterocycles. The molecular weight excluding hydrogens is 313 g/mol. The molecule has 0 fully saturated rings. The second-order valence-corrected chi connectivity index (χ2v) is 6.83. The van der Waals surface area contributed by atoms with Crippen molar-refractivity contribution < 1.29 is 19.0 Å². The predicted molar refractivity (Wildman–Crippen MR) is 87.5 cm³/mol. The molecule has 0 radical (unpaired) electrons. The van der Waals surface area contributed by atoms with Gasteiger partial charge in [-0.1, -0.05) is 48.5 Å². The number of carbonyl (C=O) groups excluding carboxylic acids is 1. The van der Waals surface area contributed by atoms with Gasteiger partial charge in [-0.25, -0.2) is 4.79 Å². The molecule has 118 valence electrons. The average Bonchev–Trinajstić information content (AvgIpc) is 2.87. The van der Waals surface area contributed by atoms with Gasteiger partial charge in [0.1, 0.15) is 6.61 Å². The molecule has 0 bridgehead atoms. The van der Waals surface area contributed by atoms with Gasteiger partial charge in [-0.15, -0.1) is 0 Å². The molecule has 1 amide bonds. The van der Waals surface area contributed by atoms with Crippen LogP contribution in [-0.2, 0) is 9.30 Å². The van der Waals surface area contributed by atoms with E-state index in [2.05, 4.69) is 17.4 Å². The van der Waals surface area contributed by atoms with Crippen molar-refractivity contribution >= 4 is 14.1 Å². The van der Waals surface area contributed by atoms with E-state index in [1.165, 1.54) is 6.92 Å². The first-order valence-corrected chi connectivity index (χ1v) is 8.63. The number of ether oxygens (including phenoxy) is 1. The van der Waals surface area contributed by atoms with Crippen molar-refractivity contribution in [2.24, 2.45) is 0 Å². The third kappa shape index (κ3) is 3.11. The molecule has 2 aromatic rings. The molecule has 3 rings (SSSR count). The van der Waals surface area contributed by atoms with Crippen LogP contribution in [0.3, 0.4) is 0 Å². The summed E-state index contributed by atoms with van der Waals surface area (Å²) in [6, 6.07) is 16.1. The highest BCUT2D eigenvalue weighted by molar-refractivity contribution is 7.38. The van der Waals surface area contributed by atoms with Crippen molar-refractivity contribution in [3.05, 3.63) is 59.7 Å². The molecule has 5 nitrogen and oxygen atoms in total. The molecule has 23 heavy (non-hydrogen) atoms. The van der Waals surface area contributed by atoms with E-state index in [9.17, 15) is 9.36 Å². The van der Waals surface area contributed by atoms with Crippen LogP contribution >= 0.6 is 8.03 Å². The molecule has 0 aromatic heterocycles. The smallest absolute Gasteiger partial charge is 0.448 e. The topological polar surface area (TPSA) is 75.6 Å². The van der Waals surface area contributed by atoms with Crippen molar-refractivity contribution in [1.29, 1.82) is 0 Å². The minimum absolute atomic E-state index is 0.0219. The maximum absolute atomic E-state index is 11.8. The molecule has 0 heterocycles. The molecule has 1 aliphatic rings. The number of amides is 1. The van der Waals surface area contributed by atoms with Crippen LogP contribution in [0.25, 0.3) is 11.1 Å². The highest BCUT2D eigenvalue weighted by Gasteiger charge is 2.30. The number of hydrogen-bond donors (Lipinski definition) is 2. The van der Waals surface area contributed by atoms with Gasteiger partial charge in [0.25, 0.3) is 5.78 Å². The summed E-state index contributed by atoms with van der Waals surface area (Å²) in [6.45, 7) is 1.65. The van der Waals surface area contributed by atoms with Crippen LogP contribution in [0.1, 0.15) is 24.0 Å².